The Hall–Kier alpha value is -3.17. The van der Waals surface area contributed by atoms with E-state index in [9.17, 15) is 18.8 Å². The maximum atomic E-state index is 14.5. The van der Waals surface area contributed by atoms with Gasteiger partial charge in [0.2, 0.25) is 0 Å². The van der Waals surface area contributed by atoms with Crippen LogP contribution in [0.1, 0.15) is 45.7 Å². The largest absolute Gasteiger partial charge is 0.487 e. The Labute approximate surface area is 210 Å². The van der Waals surface area contributed by atoms with Crippen LogP contribution in [0.25, 0.3) is 10.1 Å². The fourth-order valence-corrected chi connectivity index (χ4v) is 5.26. The molecule has 2 amide bonds. The number of ether oxygens (including phenoxy) is 1. The van der Waals surface area contributed by atoms with Crippen molar-refractivity contribution in [2.24, 2.45) is 5.92 Å². The lowest BCUT2D eigenvalue weighted by molar-refractivity contribution is -0.143. The highest BCUT2D eigenvalue weighted by atomic mass is 35.5. The predicted molar refractivity (Wildman–Crippen MR) is 132 cm³/mol. The Morgan fingerprint density at radius 2 is 1.71 bits per heavy atom. The van der Waals surface area contributed by atoms with Crippen LogP contribution in [0, 0.1) is 11.7 Å². The number of nitrogens with one attached hydrogen (secondary N) is 2. The zero-order valence-corrected chi connectivity index (χ0v) is 20.3. The molecule has 1 aliphatic rings. The van der Waals surface area contributed by atoms with Gasteiger partial charge in [0.25, 0.3) is 11.8 Å². The average molecular weight is 519 g/mol. The van der Waals surface area contributed by atoms with Gasteiger partial charge in [0, 0.05) is 28.4 Å². The second-order valence-electron chi connectivity index (χ2n) is 8.38. The van der Waals surface area contributed by atoms with Gasteiger partial charge < -0.3 is 20.5 Å². The first-order valence-electron chi connectivity index (χ1n) is 11.2. The van der Waals surface area contributed by atoms with Crippen molar-refractivity contribution in [3.63, 3.8) is 0 Å². The molecule has 0 unspecified atom stereocenters. The number of thiophene rings is 1. The van der Waals surface area contributed by atoms with E-state index in [1.54, 1.807) is 18.2 Å². The molecule has 0 radical (unpaired) electrons. The number of halogens is 2. The zero-order valence-electron chi connectivity index (χ0n) is 18.7. The van der Waals surface area contributed by atoms with Crippen LogP contribution in [0.4, 0.5) is 4.39 Å². The number of carbonyl (C=O) groups is 3. The number of carbonyl (C=O) groups excluding carboxylic acids is 2. The molecular weight excluding hydrogens is 495 g/mol. The molecule has 184 valence electrons. The summed E-state index contributed by atoms with van der Waals surface area (Å²) >= 11 is 7.32. The number of carboxylic acid groups (broad SMARTS) is 1. The molecule has 0 saturated heterocycles. The number of hydrogen-bond donors (Lipinski definition) is 3. The highest BCUT2D eigenvalue weighted by molar-refractivity contribution is 7.20. The lowest BCUT2D eigenvalue weighted by atomic mass is 9.87. The zero-order chi connectivity index (χ0) is 24.9. The van der Waals surface area contributed by atoms with Crippen LogP contribution < -0.4 is 15.4 Å². The van der Waals surface area contributed by atoms with E-state index in [0.717, 1.165) is 16.2 Å². The van der Waals surface area contributed by atoms with Gasteiger partial charge in [0.15, 0.2) is 11.6 Å². The molecule has 10 heteroatoms. The third-order valence-electron chi connectivity index (χ3n) is 5.91. The quantitative estimate of drug-likeness (QED) is 0.369. The van der Waals surface area contributed by atoms with E-state index < -0.39 is 17.7 Å². The van der Waals surface area contributed by atoms with Gasteiger partial charge in [-0.1, -0.05) is 17.7 Å². The Morgan fingerprint density at radius 3 is 2.40 bits per heavy atom. The third-order valence-corrected chi connectivity index (χ3v) is 7.24. The summed E-state index contributed by atoms with van der Waals surface area (Å²) in [7, 11) is 0. The SMILES string of the molecule is O=C(NCCNC(=O)c1cc2ccc(Cl)cc2s1)c1ccc(OC2CCC(C(=O)O)CC2)c(F)c1. The van der Waals surface area contributed by atoms with Crippen molar-refractivity contribution in [3.8, 4) is 5.75 Å². The molecule has 0 spiro atoms. The van der Waals surface area contributed by atoms with Crippen molar-refractivity contribution in [2.45, 2.75) is 31.8 Å². The third kappa shape index (κ3) is 6.29. The second kappa shape index (κ2) is 11.0. The van der Waals surface area contributed by atoms with Gasteiger partial charge in [0.05, 0.1) is 16.9 Å². The standard InChI is InChI=1S/C25H24ClFN2O5S/c26-17-5-1-15-12-22(35-21(15)13-17)24(31)29-10-9-28-23(30)16-4-8-20(19(27)11-16)34-18-6-2-14(3-7-18)25(32)33/h1,4-5,8,11-14,18H,2-3,6-7,9-10H2,(H,28,30)(H,29,31)(H,32,33). The van der Waals surface area contributed by atoms with Crippen LogP contribution in [0.2, 0.25) is 5.02 Å². The number of amides is 2. The van der Waals surface area contributed by atoms with Crippen LogP contribution in [-0.4, -0.2) is 42.1 Å². The van der Waals surface area contributed by atoms with Crippen molar-refractivity contribution in [3.05, 3.63) is 63.7 Å². The van der Waals surface area contributed by atoms with Crippen molar-refractivity contribution < 1.29 is 28.6 Å². The minimum absolute atomic E-state index is 0.0391. The van der Waals surface area contributed by atoms with E-state index >= 15 is 0 Å². The Morgan fingerprint density at radius 1 is 1.00 bits per heavy atom. The monoisotopic (exact) mass is 518 g/mol. The minimum Gasteiger partial charge on any atom is -0.487 e. The van der Waals surface area contributed by atoms with Crippen LogP contribution in [-0.2, 0) is 4.79 Å². The molecule has 0 atom stereocenters. The lowest BCUT2D eigenvalue weighted by Crippen LogP contribution is -2.34. The molecule has 4 rings (SSSR count). The van der Waals surface area contributed by atoms with Gasteiger partial charge in [0.1, 0.15) is 0 Å². The Balaban J connectivity index is 1.23. The molecule has 7 nitrogen and oxygen atoms in total. The van der Waals surface area contributed by atoms with Crippen LogP contribution in [0.3, 0.4) is 0 Å². The summed E-state index contributed by atoms with van der Waals surface area (Å²) in [6, 6.07) is 11.2. The number of carboxylic acids is 1. The van der Waals surface area contributed by atoms with Crippen molar-refractivity contribution in [1.29, 1.82) is 0 Å². The second-order valence-corrected chi connectivity index (χ2v) is 9.90. The molecule has 1 fully saturated rings. The number of benzene rings is 2. The maximum absolute atomic E-state index is 14.5. The fraction of sp³-hybridized carbons (Fsp3) is 0.320. The van der Waals surface area contributed by atoms with Gasteiger partial charge in [-0.15, -0.1) is 11.3 Å². The first kappa shape index (κ1) is 24.9. The molecule has 0 aliphatic heterocycles. The molecule has 1 aromatic heterocycles. The highest BCUT2D eigenvalue weighted by Crippen LogP contribution is 2.30. The lowest BCUT2D eigenvalue weighted by Gasteiger charge is -2.27. The Bertz CT molecular complexity index is 1260. The van der Waals surface area contributed by atoms with Crippen LogP contribution in [0.15, 0.2) is 42.5 Å². The van der Waals surface area contributed by atoms with Gasteiger partial charge in [-0.05, 0) is 67.5 Å². The number of aliphatic carboxylic acids is 1. The van der Waals surface area contributed by atoms with E-state index in [-0.39, 0.29) is 42.3 Å². The van der Waals surface area contributed by atoms with E-state index in [1.807, 2.05) is 6.07 Å². The smallest absolute Gasteiger partial charge is 0.306 e. The van der Waals surface area contributed by atoms with Gasteiger partial charge >= 0.3 is 5.97 Å². The Kier molecular flexibility index (Phi) is 7.87. The number of rotatable bonds is 8. The first-order chi connectivity index (χ1) is 16.8. The number of fused-ring (bicyclic) bond motifs is 1. The van der Waals surface area contributed by atoms with E-state index in [2.05, 4.69) is 10.6 Å². The molecule has 35 heavy (non-hydrogen) atoms. The normalized spacial score (nSPS) is 17.7. The molecule has 2 aromatic carbocycles. The minimum atomic E-state index is -0.810. The highest BCUT2D eigenvalue weighted by Gasteiger charge is 2.27. The molecule has 1 aliphatic carbocycles. The first-order valence-corrected chi connectivity index (χ1v) is 12.4. The molecule has 3 aromatic rings. The van der Waals surface area contributed by atoms with Crippen molar-refractivity contribution in [1.82, 2.24) is 10.6 Å². The predicted octanol–water partition coefficient (Wildman–Crippen LogP) is 4.88. The number of hydrogen-bond acceptors (Lipinski definition) is 5. The molecule has 3 N–H and O–H groups in total. The van der Waals surface area contributed by atoms with Crippen LogP contribution in [0.5, 0.6) is 5.75 Å². The van der Waals surface area contributed by atoms with E-state index in [4.69, 9.17) is 21.4 Å². The average Bonchev–Trinajstić information content (AvgIpc) is 3.26. The summed E-state index contributed by atoms with van der Waals surface area (Å²) in [4.78, 5) is 36.3. The summed E-state index contributed by atoms with van der Waals surface area (Å²) in [5.41, 5.74) is 0.136. The summed E-state index contributed by atoms with van der Waals surface area (Å²) in [6.45, 7) is 0.385. The van der Waals surface area contributed by atoms with Gasteiger partial charge in [-0.3, -0.25) is 14.4 Å². The summed E-state index contributed by atoms with van der Waals surface area (Å²) in [5, 5.41) is 16.0. The van der Waals surface area contributed by atoms with Crippen molar-refractivity contribution >= 4 is 50.8 Å². The maximum Gasteiger partial charge on any atom is 0.306 e. The molecular formula is C25H24ClFN2O5S. The van der Waals surface area contributed by atoms with E-state index in [1.165, 1.54) is 23.5 Å². The van der Waals surface area contributed by atoms with E-state index in [0.29, 0.717) is 35.6 Å². The van der Waals surface area contributed by atoms with Gasteiger partial charge in [-0.25, -0.2) is 4.39 Å². The molecule has 1 saturated carbocycles. The van der Waals surface area contributed by atoms with Gasteiger partial charge in [-0.2, -0.15) is 0 Å². The molecule has 0 bridgehead atoms. The molecule has 1 heterocycles. The topological polar surface area (TPSA) is 105 Å². The van der Waals surface area contributed by atoms with Crippen molar-refractivity contribution in [2.75, 3.05) is 13.1 Å². The van der Waals surface area contributed by atoms with Crippen LogP contribution >= 0.6 is 22.9 Å². The summed E-state index contributed by atoms with van der Waals surface area (Å²) < 4.78 is 21.1. The summed E-state index contributed by atoms with van der Waals surface area (Å²) in [5.74, 6) is -2.52. The summed E-state index contributed by atoms with van der Waals surface area (Å²) in [6.07, 6.45) is 1.83. The fourth-order valence-electron chi connectivity index (χ4n) is 4.00.